The zero-order valence-electron chi connectivity index (χ0n) is 13.9. The van der Waals surface area contributed by atoms with Crippen molar-refractivity contribution in [1.29, 1.82) is 0 Å². The summed E-state index contributed by atoms with van der Waals surface area (Å²) in [5, 5.41) is 5.37. The molecule has 6 nitrogen and oxygen atoms in total. The maximum Gasteiger partial charge on any atom is 0.249 e. The second-order valence-corrected chi connectivity index (χ2v) is 6.01. The lowest BCUT2D eigenvalue weighted by atomic mass is 10.1. The van der Waals surface area contributed by atoms with Crippen LogP contribution in [0.5, 0.6) is 0 Å². The Morgan fingerprint density at radius 3 is 2.35 bits per heavy atom. The number of nitrogens with one attached hydrogen (secondary N) is 2. The lowest BCUT2D eigenvalue weighted by Crippen LogP contribution is -2.44. The van der Waals surface area contributed by atoms with Crippen molar-refractivity contribution in [3.8, 4) is 0 Å². The highest BCUT2D eigenvalue weighted by atomic mass is 35.5. The molecule has 26 heavy (non-hydrogen) atoms. The largest absolute Gasteiger partial charge is 0.344 e. The van der Waals surface area contributed by atoms with Crippen LogP contribution in [0.1, 0.15) is 25.3 Å². The van der Waals surface area contributed by atoms with Gasteiger partial charge in [0.05, 0.1) is 23.8 Å². The highest BCUT2D eigenvalue weighted by Gasteiger charge is 2.21. The third-order valence-electron chi connectivity index (χ3n) is 3.37. The molecule has 1 aromatic heterocycles. The van der Waals surface area contributed by atoms with E-state index in [9.17, 15) is 18.4 Å². The molecule has 138 valence electrons. The van der Waals surface area contributed by atoms with E-state index < -0.39 is 29.5 Å². The molecule has 2 N–H and O–H groups in total. The maximum atomic E-state index is 13.2. The van der Waals surface area contributed by atoms with Crippen LogP contribution in [0.4, 0.5) is 14.7 Å². The van der Waals surface area contributed by atoms with E-state index in [1.807, 2.05) is 6.92 Å². The fourth-order valence-corrected chi connectivity index (χ4v) is 2.37. The molecule has 0 saturated carbocycles. The molecule has 0 bridgehead atoms. The number of carbonyl (C=O) groups is 2. The van der Waals surface area contributed by atoms with Crippen molar-refractivity contribution in [2.24, 2.45) is 0 Å². The zero-order valence-corrected chi connectivity index (χ0v) is 14.7. The first-order valence-corrected chi connectivity index (χ1v) is 8.28. The Bertz CT molecular complexity index is 767. The van der Waals surface area contributed by atoms with Gasteiger partial charge < -0.3 is 5.32 Å². The van der Waals surface area contributed by atoms with Crippen LogP contribution in [0.3, 0.4) is 0 Å². The summed E-state index contributed by atoms with van der Waals surface area (Å²) in [5.74, 6) is -2.50. The van der Waals surface area contributed by atoms with Gasteiger partial charge in [0.1, 0.15) is 17.7 Å². The van der Waals surface area contributed by atoms with Crippen LogP contribution in [0, 0.1) is 11.6 Å². The van der Waals surface area contributed by atoms with E-state index in [1.54, 1.807) is 0 Å². The fraction of sp³-hybridized carbons (Fsp3) is 0.294. The second kappa shape index (κ2) is 9.19. The van der Waals surface area contributed by atoms with Gasteiger partial charge in [0, 0.05) is 6.07 Å². The molecule has 2 amide bonds. The lowest BCUT2D eigenvalue weighted by molar-refractivity contribution is -0.126. The van der Waals surface area contributed by atoms with E-state index in [4.69, 9.17) is 11.6 Å². The molecule has 9 heteroatoms. The highest BCUT2D eigenvalue weighted by molar-refractivity contribution is 6.30. The monoisotopic (exact) mass is 382 g/mol. The van der Waals surface area contributed by atoms with Crippen molar-refractivity contribution >= 4 is 29.4 Å². The minimum atomic E-state index is -0.829. The first-order valence-electron chi connectivity index (χ1n) is 7.90. The van der Waals surface area contributed by atoms with Gasteiger partial charge in [-0.2, -0.15) is 0 Å². The topological polar surface area (TPSA) is 84.0 Å². The Balaban J connectivity index is 2.00. The molecule has 0 saturated heterocycles. The number of carbonyl (C=O) groups excluding carboxylic acids is 2. The summed E-state index contributed by atoms with van der Waals surface area (Å²) in [6.45, 7) is 1.85. The standard InChI is InChI=1S/C17H17ClF2N4O2/c1-2-3-14(16(26)24-17-21-8-11(18)9-22-17)23-15(25)6-10-4-12(19)7-13(20)5-10/h4-5,7-9,14H,2-3,6H2,1H3,(H,23,25)(H,21,22,24,26). The number of hydrogen-bond acceptors (Lipinski definition) is 4. The smallest absolute Gasteiger partial charge is 0.249 e. The average molecular weight is 383 g/mol. The van der Waals surface area contributed by atoms with Gasteiger partial charge in [0.25, 0.3) is 0 Å². The molecule has 0 aliphatic rings. The van der Waals surface area contributed by atoms with Gasteiger partial charge in [-0.25, -0.2) is 18.7 Å². The molecule has 2 aromatic rings. The normalized spacial score (nSPS) is 11.7. The van der Waals surface area contributed by atoms with Crippen molar-refractivity contribution in [1.82, 2.24) is 15.3 Å². The minimum absolute atomic E-state index is 0.0574. The van der Waals surface area contributed by atoms with Crippen molar-refractivity contribution in [3.63, 3.8) is 0 Å². The van der Waals surface area contributed by atoms with Crippen molar-refractivity contribution in [2.45, 2.75) is 32.2 Å². The summed E-state index contributed by atoms with van der Waals surface area (Å²) >= 11 is 5.68. The zero-order chi connectivity index (χ0) is 19.1. The quantitative estimate of drug-likeness (QED) is 0.771. The number of halogens is 3. The lowest BCUT2D eigenvalue weighted by Gasteiger charge is -2.17. The van der Waals surface area contributed by atoms with Gasteiger partial charge in [-0.1, -0.05) is 24.9 Å². The van der Waals surface area contributed by atoms with Gasteiger partial charge in [0.2, 0.25) is 17.8 Å². The Morgan fingerprint density at radius 2 is 1.77 bits per heavy atom. The highest BCUT2D eigenvalue weighted by Crippen LogP contribution is 2.10. The van der Waals surface area contributed by atoms with E-state index in [0.29, 0.717) is 17.9 Å². The third kappa shape index (κ3) is 6.03. The summed E-state index contributed by atoms with van der Waals surface area (Å²) in [7, 11) is 0. The summed E-state index contributed by atoms with van der Waals surface area (Å²) in [6, 6.07) is 2.03. The van der Waals surface area contributed by atoms with Crippen LogP contribution in [-0.4, -0.2) is 27.8 Å². The van der Waals surface area contributed by atoms with Crippen molar-refractivity contribution in [2.75, 3.05) is 5.32 Å². The van der Waals surface area contributed by atoms with Gasteiger partial charge in [0.15, 0.2) is 0 Å². The molecule has 1 heterocycles. The predicted molar refractivity (Wildman–Crippen MR) is 92.6 cm³/mol. The molecule has 0 aliphatic heterocycles. The Labute approximate surface area is 154 Å². The molecule has 2 rings (SSSR count). The first kappa shape index (κ1) is 19.7. The van der Waals surface area contributed by atoms with Crippen LogP contribution in [0.15, 0.2) is 30.6 Å². The van der Waals surface area contributed by atoms with E-state index in [0.717, 1.165) is 18.2 Å². The fourth-order valence-electron chi connectivity index (χ4n) is 2.28. The molecule has 1 unspecified atom stereocenters. The number of aromatic nitrogens is 2. The number of benzene rings is 1. The number of nitrogens with zero attached hydrogens (tertiary/aromatic N) is 2. The Morgan fingerprint density at radius 1 is 1.15 bits per heavy atom. The van der Waals surface area contributed by atoms with Gasteiger partial charge >= 0.3 is 0 Å². The van der Waals surface area contributed by atoms with Gasteiger partial charge in [-0.05, 0) is 24.1 Å². The molecule has 0 spiro atoms. The van der Waals surface area contributed by atoms with Crippen molar-refractivity contribution in [3.05, 3.63) is 52.8 Å². The molecule has 1 aromatic carbocycles. The molecule has 1 atom stereocenters. The van der Waals surface area contributed by atoms with Crippen LogP contribution >= 0.6 is 11.6 Å². The average Bonchev–Trinajstić information content (AvgIpc) is 2.55. The molecular weight excluding hydrogens is 366 g/mol. The Kier molecular flexibility index (Phi) is 6.97. The van der Waals surface area contributed by atoms with Crippen LogP contribution in [-0.2, 0) is 16.0 Å². The Hall–Kier alpha value is -2.61. The summed E-state index contributed by atoms with van der Waals surface area (Å²) in [6.07, 6.45) is 3.42. The maximum absolute atomic E-state index is 13.2. The van der Waals surface area contributed by atoms with Crippen LogP contribution in [0.2, 0.25) is 5.02 Å². The molecular formula is C17H17ClF2N4O2. The van der Waals surface area contributed by atoms with E-state index in [-0.39, 0.29) is 17.9 Å². The SMILES string of the molecule is CCCC(NC(=O)Cc1cc(F)cc(F)c1)C(=O)Nc1ncc(Cl)cn1. The first-order chi connectivity index (χ1) is 12.4. The molecule has 0 aliphatic carbocycles. The van der Waals surface area contributed by atoms with E-state index in [1.165, 1.54) is 12.4 Å². The predicted octanol–water partition coefficient (Wildman–Crippen LogP) is 2.87. The number of amides is 2. The molecule has 0 fully saturated rings. The summed E-state index contributed by atoms with van der Waals surface area (Å²) < 4.78 is 26.4. The number of anilines is 1. The minimum Gasteiger partial charge on any atom is -0.344 e. The summed E-state index contributed by atoms with van der Waals surface area (Å²) in [5.41, 5.74) is 0.177. The van der Waals surface area contributed by atoms with E-state index >= 15 is 0 Å². The van der Waals surface area contributed by atoms with E-state index in [2.05, 4.69) is 20.6 Å². The van der Waals surface area contributed by atoms with Crippen molar-refractivity contribution < 1.29 is 18.4 Å². The van der Waals surface area contributed by atoms with Crippen LogP contribution in [0.25, 0.3) is 0 Å². The molecule has 0 radical (unpaired) electrons. The van der Waals surface area contributed by atoms with Gasteiger partial charge in [-0.3, -0.25) is 14.9 Å². The number of rotatable bonds is 7. The number of hydrogen-bond donors (Lipinski definition) is 2. The second-order valence-electron chi connectivity index (χ2n) is 5.58. The third-order valence-corrected chi connectivity index (χ3v) is 3.57. The van der Waals surface area contributed by atoms with Gasteiger partial charge in [-0.15, -0.1) is 0 Å². The summed E-state index contributed by atoms with van der Waals surface area (Å²) in [4.78, 5) is 32.2. The van der Waals surface area contributed by atoms with Crippen LogP contribution < -0.4 is 10.6 Å².